The van der Waals surface area contributed by atoms with E-state index in [1.165, 1.54) is 0 Å². The highest BCUT2D eigenvalue weighted by molar-refractivity contribution is 5.78. The van der Waals surface area contributed by atoms with Crippen LogP contribution >= 0.6 is 0 Å². The fourth-order valence-electron chi connectivity index (χ4n) is 1.62. The first-order valence-electron chi connectivity index (χ1n) is 5.92. The van der Waals surface area contributed by atoms with Crippen molar-refractivity contribution in [3.05, 3.63) is 54.1 Å². The van der Waals surface area contributed by atoms with Gasteiger partial charge in [-0.2, -0.15) is 0 Å². The van der Waals surface area contributed by atoms with E-state index in [9.17, 15) is 4.79 Å². The Labute approximate surface area is 111 Å². The van der Waals surface area contributed by atoms with Gasteiger partial charge in [0.15, 0.2) is 0 Å². The standard InChI is InChI=1S/C14H15N3O2/c1-19-13-4-6-16-12(8-13)10-17-14(18)7-11-3-2-5-15-9-11/h2-6,8-9H,7,10H2,1H3,(H,17,18). The van der Waals surface area contributed by atoms with Gasteiger partial charge in [0.1, 0.15) is 5.75 Å². The van der Waals surface area contributed by atoms with Gasteiger partial charge in [-0.15, -0.1) is 0 Å². The number of ether oxygens (including phenoxy) is 1. The summed E-state index contributed by atoms with van der Waals surface area (Å²) in [6, 6.07) is 7.24. The number of nitrogens with one attached hydrogen (secondary N) is 1. The number of nitrogens with zero attached hydrogens (tertiary/aromatic N) is 2. The number of carbonyl (C=O) groups is 1. The lowest BCUT2D eigenvalue weighted by Crippen LogP contribution is -2.25. The molecule has 0 aliphatic heterocycles. The minimum atomic E-state index is -0.0578. The largest absolute Gasteiger partial charge is 0.497 e. The molecule has 0 saturated heterocycles. The van der Waals surface area contributed by atoms with Gasteiger partial charge in [-0.1, -0.05) is 6.07 Å². The van der Waals surface area contributed by atoms with Gasteiger partial charge in [0.25, 0.3) is 0 Å². The summed E-state index contributed by atoms with van der Waals surface area (Å²) >= 11 is 0. The van der Waals surface area contributed by atoms with Crippen LogP contribution in [0, 0.1) is 0 Å². The van der Waals surface area contributed by atoms with E-state index in [1.807, 2.05) is 12.1 Å². The first-order chi connectivity index (χ1) is 9.28. The van der Waals surface area contributed by atoms with Gasteiger partial charge in [0, 0.05) is 24.7 Å². The predicted molar refractivity (Wildman–Crippen MR) is 70.6 cm³/mol. The highest BCUT2D eigenvalue weighted by Crippen LogP contribution is 2.09. The van der Waals surface area contributed by atoms with Gasteiger partial charge in [0.05, 0.1) is 25.8 Å². The van der Waals surface area contributed by atoms with Crippen molar-refractivity contribution in [2.24, 2.45) is 0 Å². The third-order valence-electron chi connectivity index (χ3n) is 2.58. The Morgan fingerprint density at radius 3 is 3.00 bits per heavy atom. The SMILES string of the molecule is COc1ccnc(CNC(=O)Cc2cccnc2)c1. The average Bonchev–Trinajstić information content (AvgIpc) is 2.46. The number of carbonyl (C=O) groups excluding carboxylic acids is 1. The molecule has 1 N–H and O–H groups in total. The van der Waals surface area contributed by atoms with E-state index in [1.54, 1.807) is 37.8 Å². The van der Waals surface area contributed by atoms with Crippen LogP contribution in [0.5, 0.6) is 5.75 Å². The number of aromatic nitrogens is 2. The number of hydrogen-bond donors (Lipinski definition) is 1. The molecule has 0 unspecified atom stereocenters. The second-order valence-corrected chi connectivity index (χ2v) is 4.00. The van der Waals surface area contributed by atoms with E-state index in [-0.39, 0.29) is 5.91 Å². The zero-order valence-electron chi connectivity index (χ0n) is 10.7. The van der Waals surface area contributed by atoms with Gasteiger partial charge >= 0.3 is 0 Å². The van der Waals surface area contributed by atoms with Crippen LogP contribution < -0.4 is 10.1 Å². The maximum Gasteiger partial charge on any atom is 0.224 e. The van der Waals surface area contributed by atoms with Crippen LogP contribution in [0.15, 0.2) is 42.9 Å². The van der Waals surface area contributed by atoms with E-state index in [4.69, 9.17) is 4.74 Å². The van der Waals surface area contributed by atoms with Crippen LogP contribution in [0.3, 0.4) is 0 Å². The Morgan fingerprint density at radius 2 is 2.26 bits per heavy atom. The maximum absolute atomic E-state index is 11.7. The van der Waals surface area contributed by atoms with Crippen LogP contribution in [0.4, 0.5) is 0 Å². The zero-order valence-corrected chi connectivity index (χ0v) is 10.7. The van der Waals surface area contributed by atoms with E-state index in [0.717, 1.165) is 17.0 Å². The molecule has 0 aromatic carbocycles. The summed E-state index contributed by atoms with van der Waals surface area (Å²) in [5.41, 5.74) is 1.65. The summed E-state index contributed by atoms with van der Waals surface area (Å²) in [5.74, 6) is 0.670. The lowest BCUT2D eigenvalue weighted by molar-refractivity contribution is -0.120. The Hall–Kier alpha value is -2.43. The van der Waals surface area contributed by atoms with Crippen molar-refractivity contribution in [2.45, 2.75) is 13.0 Å². The van der Waals surface area contributed by atoms with E-state index < -0.39 is 0 Å². The molecule has 0 saturated carbocycles. The first kappa shape index (κ1) is 13.0. The second kappa shape index (κ2) is 6.49. The molecule has 0 radical (unpaired) electrons. The molecule has 0 aliphatic carbocycles. The van der Waals surface area contributed by atoms with Crippen molar-refractivity contribution in [3.63, 3.8) is 0 Å². The molecule has 98 valence electrons. The van der Waals surface area contributed by atoms with Crippen LogP contribution in [0.1, 0.15) is 11.3 Å². The lowest BCUT2D eigenvalue weighted by atomic mass is 10.2. The Kier molecular flexibility index (Phi) is 4.44. The highest BCUT2D eigenvalue weighted by Gasteiger charge is 2.04. The lowest BCUT2D eigenvalue weighted by Gasteiger charge is -2.06. The molecule has 5 heteroatoms. The topological polar surface area (TPSA) is 64.1 Å². The highest BCUT2D eigenvalue weighted by atomic mass is 16.5. The number of pyridine rings is 2. The van der Waals surface area contributed by atoms with Crippen molar-refractivity contribution < 1.29 is 9.53 Å². The number of rotatable bonds is 5. The summed E-state index contributed by atoms with van der Waals surface area (Å²) in [4.78, 5) is 19.9. The smallest absolute Gasteiger partial charge is 0.224 e. The third kappa shape index (κ3) is 4.06. The third-order valence-corrected chi connectivity index (χ3v) is 2.58. The molecule has 0 atom stereocenters. The molecule has 0 spiro atoms. The van der Waals surface area contributed by atoms with Crippen LogP contribution in [-0.4, -0.2) is 23.0 Å². The first-order valence-corrected chi connectivity index (χ1v) is 5.92. The number of methoxy groups -OCH3 is 1. The Morgan fingerprint density at radius 1 is 1.37 bits per heavy atom. The molecule has 2 aromatic heterocycles. The molecular formula is C14H15N3O2. The van der Waals surface area contributed by atoms with Crippen molar-refractivity contribution in [2.75, 3.05) is 7.11 Å². The van der Waals surface area contributed by atoms with Crippen molar-refractivity contribution >= 4 is 5.91 Å². The van der Waals surface area contributed by atoms with Gasteiger partial charge in [-0.25, -0.2) is 0 Å². The van der Waals surface area contributed by atoms with Gasteiger partial charge in [-0.05, 0) is 17.7 Å². The molecule has 1 amide bonds. The molecule has 0 fully saturated rings. The number of hydrogen-bond acceptors (Lipinski definition) is 4. The minimum Gasteiger partial charge on any atom is -0.497 e. The second-order valence-electron chi connectivity index (χ2n) is 4.00. The molecule has 5 nitrogen and oxygen atoms in total. The van der Waals surface area contributed by atoms with Crippen molar-refractivity contribution in [1.29, 1.82) is 0 Å². The molecule has 2 heterocycles. The average molecular weight is 257 g/mol. The summed E-state index contributed by atoms with van der Waals surface area (Å²) in [5, 5.41) is 2.81. The molecule has 19 heavy (non-hydrogen) atoms. The van der Waals surface area contributed by atoms with E-state index >= 15 is 0 Å². The van der Waals surface area contributed by atoms with E-state index in [0.29, 0.717) is 13.0 Å². The van der Waals surface area contributed by atoms with Gasteiger partial charge in [0.2, 0.25) is 5.91 Å². The summed E-state index contributed by atoms with van der Waals surface area (Å²) < 4.78 is 5.10. The fourth-order valence-corrected chi connectivity index (χ4v) is 1.62. The van der Waals surface area contributed by atoms with Crippen molar-refractivity contribution in [1.82, 2.24) is 15.3 Å². The predicted octanol–water partition coefficient (Wildman–Crippen LogP) is 1.34. The Bertz CT molecular complexity index is 543. The van der Waals surface area contributed by atoms with Crippen LogP contribution in [0.25, 0.3) is 0 Å². The van der Waals surface area contributed by atoms with Crippen molar-refractivity contribution in [3.8, 4) is 5.75 Å². The fraction of sp³-hybridized carbons (Fsp3) is 0.214. The van der Waals surface area contributed by atoms with Crippen LogP contribution in [0.2, 0.25) is 0 Å². The zero-order chi connectivity index (χ0) is 13.5. The molecule has 2 rings (SSSR count). The van der Waals surface area contributed by atoms with E-state index in [2.05, 4.69) is 15.3 Å². The summed E-state index contributed by atoms with van der Waals surface area (Å²) in [7, 11) is 1.60. The van der Waals surface area contributed by atoms with Crippen LogP contribution in [-0.2, 0) is 17.8 Å². The maximum atomic E-state index is 11.7. The summed E-state index contributed by atoms with van der Waals surface area (Å²) in [6.07, 6.45) is 5.34. The normalized spacial score (nSPS) is 9.95. The monoisotopic (exact) mass is 257 g/mol. The Balaban J connectivity index is 1.86. The summed E-state index contributed by atoms with van der Waals surface area (Å²) in [6.45, 7) is 0.385. The quantitative estimate of drug-likeness (QED) is 0.878. The van der Waals surface area contributed by atoms with Gasteiger partial charge in [-0.3, -0.25) is 14.8 Å². The minimum absolute atomic E-state index is 0.0578. The molecular weight excluding hydrogens is 242 g/mol. The number of amides is 1. The molecule has 0 bridgehead atoms. The van der Waals surface area contributed by atoms with Gasteiger partial charge < -0.3 is 10.1 Å². The molecule has 2 aromatic rings. The molecule has 0 aliphatic rings.